The number of hydrogen-bond acceptors (Lipinski definition) is 6. The number of carbonyl (C=O) groups excluding carboxylic acids is 2. The quantitative estimate of drug-likeness (QED) is 0.604. The lowest BCUT2D eigenvalue weighted by molar-refractivity contribution is -0.129. The van der Waals surface area contributed by atoms with Crippen LogP contribution >= 0.6 is 0 Å². The number of likely N-dealkylation sites (tertiary alicyclic amines) is 1. The van der Waals surface area contributed by atoms with Crippen molar-refractivity contribution in [2.45, 2.75) is 25.0 Å². The van der Waals surface area contributed by atoms with Crippen molar-refractivity contribution in [2.24, 2.45) is 0 Å². The second kappa shape index (κ2) is 6.99. The molecule has 1 saturated heterocycles. The molecule has 0 bridgehead atoms. The maximum Gasteiger partial charge on any atom is 0.341 e. The Morgan fingerprint density at radius 3 is 2.61 bits per heavy atom. The smallest absolute Gasteiger partial charge is 0.341 e. The van der Waals surface area contributed by atoms with Gasteiger partial charge in [-0.15, -0.1) is 0 Å². The Kier molecular flexibility index (Phi) is 5.25. The summed E-state index contributed by atoms with van der Waals surface area (Å²) in [6.45, 7) is 2.04. The van der Waals surface area contributed by atoms with Crippen LogP contribution in [0.25, 0.3) is 0 Å². The van der Waals surface area contributed by atoms with Gasteiger partial charge in [-0.25, -0.2) is 4.79 Å². The van der Waals surface area contributed by atoms with Crippen molar-refractivity contribution in [1.82, 2.24) is 4.90 Å². The fourth-order valence-electron chi connectivity index (χ4n) is 2.47. The van der Waals surface area contributed by atoms with Crippen LogP contribution in [0.5, 0.6) is 5.75 Å². The average Bonchev–Trinajstić information content (AvgIpc) is 2.54. The lowest BCUT2D eigenvalue weighted by Gasteiger charge is -2.31. The highest BCUT2D eigenvalue weighted by atomic mass is 32.2. The van der Waals surface area contributed by atoms with Gasteiger partial charge in [-0.3, -0.25) is 4.79 Å². The number of ether oxygens (including phenoxy) is 1. The topological polar surface area (TPSA) is 90.0 Å². The molecule has 8 heteroatoms. The monoisotopic (exact) mass is 341 g/mol. The largest absolute Gasteiger partial charge is 0.465 e. The fourth-order valence-corrected chi connectivity index (χ4v) is 3.82. The molecule has 7 nitrogen and oxygen atoms in total. The van der Waals surface area contributed by atoms with Crippen molar-refractivity contribution < 1.29 is 26.9 Å². The van der Waals surface area contributed by atoms with Gasteiger partial charge in [-0.05, 0) is 25.0 Å². The third-order valence-electron chi connectivity index (χ3n) is 3.73. The Hall–Kier alpha value is -2.09. The van der Waals surface area contributed by atoms with Gasteiger partial charge in [0.2, 0.25) is 5.91 Å². The maximum atomic E-state index is 12.5. The summed E-state index contributed by atoms with van der Waals surface area (Å²) in [6, 6.07) is 5.98. The predicted octanol–water partition coefficient (Wildman–Crippen LogP) is 1.19. The van der Waals surface area contributed by atoms with Crippen LogP contribution in [0.2, 0.25) is 0 Å². The predicted molar refractivity (Wildman–Crippen MR) is 82.6 cm³/mol. The molecule has 0 aromatic heterocycles. The average molecular weight is 341 g/mol. The van der Waals surface area contributed by atoms with Gasteiger partial charge < -0.3 is 13.8 Å². The summed E-state index contributed by atoms with van der Waals surface area (Å²) in [5.41, 5.74) is 0.0396. The van der Waals surface area contributed by atoms with Gasteiger partial charge in [0.15, 0.2) is 5.75 Å². The highest BCUT2D eigenvalue weighted by Crippen LogP contribution is 2.25. The molecule has 0 spiro atoms. The van der Waals surface area contributed by atoms with Crippen molar-refractivity contribution in [2.75, 3.05) is 20.2 Å². The van der Waals surface area contributed by atoms with E-state index in [1.54, 1.807) is 12.1 Å². The Labute approximate surface area is 135 Å². The lowest BCUT2D eigenvalue weighted by Crippen LogP contribution is -2.45. The zero-order valence-electron chi connectivity index (χ0n) is 13.0. The number of piperidine rings is 1. The number of hydrogen-bond donors (Lipinski definition) is 0. The van der Waals surface area contributed by atoms with Crippen LogP contribution in [0.4, 0.5) is 0 Å². The van der Waals surface area contributed by atoms with Gasteiger partial charge in [0.25, 0.3) is 0 Å². The molecule has 2 rings (SSSR count). The van der Waals surface area contributed by atoms with E-state index in [0.29, 0.717) is 19.4 Å². The normalized spacial score (nSPS) is 18.3. The van der Waals surface area contributed by atoms with E-state index in [2.05, 4.69) is 4.74 Å². The second-order valence-corrected chi connectivity index (χ2v) is 7.11. The highest BCUT2D eigenvalue weighted by molar-refractivity contribution is 7.87. The molecule has 1 fully saturated rings. The number of carbonyl (C=O) groups is 2. The van der Waals surface area contributed by atoms with Crippen molar-refractivity contribution in [3.63, 3.8) is 0 Å². The summed E-state index contributed by atoms with van der Waals surface area (Å²) < 4.78 is 34.7. The van der Waals surface area contributed by atoms with E-state index in [9.17, 15) is 18.0 Å². The van der Waals surface area contributed by atoms with E-state index < -0.39 is 21.3 Å². The minimum Gasteiger partial charge on any atom is -0.465 e. The molecule has 0 radical (unpaired) electrons. The highest BCUT2D eigenvalue weighted by Gasteiger charge is 2.34. The minimum absolute atomic E-state index is 0.0396. The summed E-state index contributed by atoms with van der Waals surface area (Å²) in [4.78, 5) is 24.6. The first-order chi connectivity index (χ1) is 10.8. The van der Waals surface area contributed by atoms with Gasteiger partial charge in [0.1, 0.15) is 10.8 Å². The molecule has 1 aromatic carbocycles. The molecule has 1 aliphatic heterocycles. The summed E-state index contributed by atoms with van der Waals surface area (Å²) >= 11 is 0. The number of nitrogens with zero attached hydrogens (tertiary/aromatic N) is 1. The maximum absolute atomic E-state index is 12.5. The van der Waals surface area contributed by atoms with Crippen LogP contribution < -0.4 is 4.18 Å². The molecule has 1 heterocycles. The first-order valence-electron chi connectivity index (χ1n) is 7.21. The molecule has 1 aromatic rings. The van der Waals surface area contributed by atoms with Gasteiger partial charge in [0.05, 0.1) is 7.11 Å². The molecule has 0 aliphatic carbocycles. The molecule has 1 aliphatic rings. The van der Waals surface area contributed by atoms with Crippen LogP contribution in [0.15, 0.2) is 24.3 Å². The Morgan fingerprint density at radius 2 is 1.96 bits per heavy atom. The van der Waals surface area contributed by atoms with E-state index >= 15 is 0 Å². The lowest BCUT2D eigenvalue weighted by atomic mass is 10.1. The zero-order valence-corrected chi connectivity index (χ0v) is 13.8. The van der Waals surface area contributed by atoms with Gasteiger partial charge in [-0.2, -0.15) is 8.42 Å². The zero-order chi connectivity index (χ0) is 17.0. The third kappa shape index (κ3) is 4.01. The summed E-state index contributed by atoms with van der Waals surface area (Å²) in [5.74, 6) is -0.913. The molecule has 1 atom stereocenters. The SMILES string of the molecule is COC(=O)c1ccccc1OS(=O)(=O)[C@@H]1CCCN(C(C)=O)C1. The molecule has 126 valence electrons. The number of benzene rings is 1. The molecule has 1 amide bonds. The first-order valence-corrected chi connectivity index (χ1v) is 8.68. The van der Waals surface area contributed by atoms with Crippen LogP contribution in [-0.2, 0) is 19.6 Å². The van der Waals surface area contributed by atoms with E-state index in [1.165, 1.54) is 31.1 Å². The number of rotatable bonds is 4. The fraction of sp³-hybridized carbons (Fsp3) is 0.467. The number of esters is 1. The van der Waals surface area contributed by atoms with Crippen LogP contribution in [0, 0.1) is 0 Å². The van der Waals surface area contributed by atoms with Crippen molar-refractivity contribution in [1.29, 1.82) is 0 Å². The van der Waals surface area contributed by atoms with E-state index in [0.717, 1.165) is 0 Å². The standard InChI is InChI=1S/C15H19NO6S/c1-11(17)16-9-5-6-12(10-16)23(19,20)22-14-8-4-3-7-13(14)15(18)21-2/h3-4,7-8,12H,5-6,9-10H2,1-2H3/t12-/m1/s1. The minimum atomic E-state index is -3.97. The second-order valence-electron chi connectivity index (χ2n) is 5.29. The molecule has 0 unspecified atom stereocenters. The number of para-hydroxylation sites is 1. The van der Waals surface area contributed by atoms with E-state index in [4.69, 9.17) is 4.18 Å². The Bertz CT molecular complexity index is 700. The Morgan fingerprint density at radius 1 is 1.26 bits per heavy atom. The molecule has 0 saturated carbocycles. The molecular formula is C15H19NO6S. The molecule has 23 heavy (non-hydrogen) atoms. The third-order valence-corrected chi connectivity index (χ3v) is 5.34. The van der Waals surface area contributed by atoms with Crippen LogP contribution in [0.1, 0.15) is 30.1 Å². The van der Waals surface area contributed by atoms with Crippen molar-refractivity contribution in [3.05, 3.63) is 29.8 Å². The number of amides is 1. The van der Waals surface area contributed by atoms with Crippen molar-refractivity contribution >= 4 is 22.0 Å². The van der Waals surface area contributed by atoms with Gasteiger partial charge >= 0.3 is 16.1 Å². The van der Waals surface area contributed by atoms with E-state index in [-0.39, 0.29) is 23.8 Å². The first kappa shape index (κ1) is 17.3. The van der Waals surface area contributed by atoms with Crippen LogP contribution in [0.3, 0.4) is 0 Å². The molecular weight excluding hydrogens is 322 g/mol. The number of methoxy groups -OCH3 is 1. The Balaban J connectivity index is 2.22. The summed E-state index contributed by atoms with van der Waals surface area (Å²) in [6.07, 6.45) is 0.998. The summed E-state index contributed by atoms with van der Waals surface area (Å²) in [7, 11) is -2.76. The van der Waals surface area contributed by atoms with Crippen LogP contribution in [-0.4, -0.2) is 50.6 Å². The summed E-state index contributed by atoms with van der Waals surface area (Å²) in [5, 5.41) is -0.814. The van der Waals surface area contributed by atoms with Gasteiger partial charge in [-0.1, -0.05) is 12.1 Å². The molecule has 0 N–H and O–H groups in total. The van der Waals surface area contributed by atoms with Crippen molar-refractivity contribution in [3.8, 4) is 5.75 Å². The van der Waals surface area contributed by atoms with Gasteiger partial charge in [0, 0.05) is 20.0 Å². The van der Waals surface area contributed by atoms with E-state index in [1.807, 2.05) is 0 Å².